The number of carbonyl (C=O) groups is 4. The van der Waals surface area contributed by atoms with E-state index in [0.717, 1.165) is 29.5 Å². The number of nitrogens with zero attached hydrogens (tertiary/aromatic N) is 2. The molecule has 4 bridgehead atoms. The van der Waals surface area contributed by atoms with E-state index in [-0.39, 0.29) is 25.0 Å². The number of rotatable bonds is 1. The van der Waals surface area contributed by atoms with Gasteiger partial charge in [-0.15, -0.1) is 0 Å². The molecule has 0 spiro atoms. The molecule has 1 aromatic rings. The second-order valence-corrected chi connectivity index (χ2v) is 12.6. The molecule has 3 aliphatic rings. The Balaban J connectivity index is 1.63. The highest BCUT2D eigenvalue weighted by molar-refractivity contribution is 5.90. The van der Waals surface area contributed by atoms with E-state index < -0.39 is 47.7 Å². The van der Waals surface area contributed by atoms with Crippen molar-refractivity contribution in [3.63, 3.8) is 0 Å². The molecule has 10 heteroatoms. The van der Waals surface area contributed by atoms with Gasteiger partial charge in [0.2, 0.25) is 5.91 Å². The van der Waals surface area contributed by atoms with E-state index in [4.69, 9.17) is 9.47 Å². The Morgan fingerprint density at radius 3 is 2.59 bits per heavy atom. The highest BCUT2D eigenvalue weighted by Gasteiger charge is 2.46. The summed E-state index contributed by atoms with van der Waals surface area (Å²) < 4.78 is 11.2. The fourth-order valence-electron chi connectivity index (χ4n) is 5.30. The Kier molecular flexibility index (Phi) is 7.95. The Morgan fingerprint density at radius 1 is 1.15 bits per heavy atom. The highest BCUT2D eigenvalue weighted by Crippen LogP contribution is 2.31. The third kappa shape index (κ3) is 6.54. The van der Waals surface area contributed by atoms with Crippen LogP contribution < -0.4 is 5.32 Å². The molecule has 0 saturated carbocycles. The average Bonchev–Trinajstić information content (AvgIpc) is 3.47. The van der Waals surface area contributed by atoms with Crippen LogP contribution in [0.25, 0.3) is 6.08 Å². The van der Waals surface area contributed by atoms with E-state index >= 15 is 0 Å². The largest absolute Gasteiger partial charge is 0.480 e. The Morgan fingerprint density at radius 2 is 1.90 bits per heavy atom. The number of fused-ring (bicyclic) bond motifs is 3. The molecular formula is C29H39N3O7. The summed E-state index contributed by atoms with van der Waals surface area (Å²) in [7, 11) is 0. The minimum atomic E-state index is -1.19. The molecular weight excluding hydrogens is 502 g/mol. The Labute approximate surface area is 229 Å². The third-order valence-corrected chi connectivity index (χ3v) is 7.63. The van der Waals surface area contributed by atoms with Crippen molar-refractivity contribution in [1.82, 2.24) is 15.1 Å². The van der Waals surface area contributed by atoms with Crippen LogP contribution in [-0.2, 0) is 32.2 Å². The molecule has 0 unspecified atom stereocenters. The monoisotopic (exact) mass is 541 g/mol. The molecule has 39 heavy (non-hydrogen) atoms. The Bertz CT molecular complexity index is 1170. The second kappa shape index (κ2) is 10.9. The number of carboxylic acid groups (broad SMARTS) is 1. The number of allylic oxidation sites excluding steroid dienone is 1. The maximum atomic E-state index is 13.7. The van der Waals surface area contributed by atoms with Gasteiger partial charge in [-0.1, -0.05) is 65.0 Å². The molecule has 3 aliphatic heterocycles. The van der Waals surface area contributed by atoms with Crippen molar-refractivity contribution in [2.45, 2.75) is 85.2 Å². The van der Waals surface area contributed by atoms with E-state index in [1.165, 1.54) is 4.90 Å². The van der Waals surface area contributed by atoms with Gasteiger partial charge in [0, 0.05) is 13.0 Å². The standard InChI is InChI=1S/C29H39N3O7/c1-28(2,3)23-24(33)32-15-20(13-22(32)25(34)35)39-27(37)31-14-19-11-8-10-18(21(19)16-31)9-6-7-12-29(4,5)17-38-26(36)30-23/h6,8-11,20,22-23H,7,12-17H2,1-5H3,(H,30,36)(H,34,35)/b9-6+/t20-,22+,23-/m1/s1. The lowest BCUT2D eigenvalue weighted by Gasteiger charge is -2.34. The number of carbonyl (C=O) groups excluding carboxylic acids is 3. The van der Waals surface area contributed by atoms with E-state index in [1.807, 2.05) is 32.0 Å². The quantitative estimate of drug-likeness (QED) is 0.547. The van der Waals surface area contributed by atoms with Crippen molar-refractivity contribution in [2.75, 3.05) is 13.2 Å². The van der Waals surface area contributed by atoms with Crippen molar-refractivity contribution in [3.8, 4) is 0 Å². The molecule has 1 aromatic carbocycles. The maximum absolute atomic E-state index is 13.7. The first kappa shape index (κ1) is 28.4. The zero-order valence-electron chi connectivity index (χ0n) is 23.4. The molecule has 1 fully saturated rings. The average molecular weight is 542 g/mol. The summed E-state index contributed by atoms with van der Waals surface area (Å²) in [6, 6.07) is 3.74. The summed E-state index contributed by atoms with van der Waals surface area (Å²) in [6.07, 6.45) is 3.58. The number of cyclic esters (lactones) is 1. The molecule has 10 nitrogen and oxygen atoms in total. The number of aliphatic carboxylic acids is 1. The van der Waals surface area contributed by atoms with Crippen LogP contribution in [0.4, 0.5) is 9.59 Å². The molecule has 3 amide bonds. The number of carboxylic acids is 1. The minimum Gasteiger partial charge on any atom is -0.480 e. The van der Waals surface area contributed by atoms with E-state index in [1.54, 1.807) is 25.7 Å². The highest BCUT2D eigenvalue weighted by atomic mass is 16.6. The topological polar surface area (TPSA) is 125 Å². The van der Waals surface area contributed by atoms with Gasteiger partial charge in [-0.2, -0.15) is 0 Å². The summed E-state index contributed by atoms with van der Waals surface area (Å²) in [5, 5.41) is 12.6. The fraction of sp³-hybridized carbons (Fsp3) is 0.586. The number of hydrogen-bond donors (Lipinski definition) is 2. The summed E-state index contributed by atoms with van der Waals surface area (Å²) in [6.45, 7) is 10.3. The van der Waals surface area contributed by atoms with Crippen molar-refractivity contribution < 1.29 is 33.8 Å². The molecule has 2 N–H and O–H groups in total. The lowest BCUT2D eigenvalue weighted by atomic mass is 9.85. The van der Waals surface area contributed by atoms with Gasteiger partial charge in [0.25, 0.3) is 0 Å². The van der Waals surface area contributed by atoms with E-state index in [0.29, 0.717) is 13.1 Å². The summed E-state index contributed by atoms with van der Waals surface area (Å²) >= 11 is 0. The molecule has 3 atom stereocenters. The summed E-state index contributed by atoms with van der Waals surface area (Å²) in [5.74, 6) is -1.75. The summed E-state index contributed by atoms with van der Waals surface area (Å²) in [4.78, 5) is 54.5. The smallest absolute Gasteiger partial charge is 0.410 e. The van der Waals surface area contributed by atoms with Crippen LogP contribution in [0.3, 0.4) is 0 Å². The minimum absolute atomic E-state index is 0.0307. The van der Waals surface area contributed by atoms with Crippen LogP contribution in [-0.4, -0.2) is 70.3 Å². The number of alkyl carbamates (subject to hydrolysis) is 1. The van der Waals surface area contributed by atoms with Gasteiger partial charge in [0.15, 0.2) is 0 Å². The van der Waals surface area contributed by atoms with Crippen LogP contribution in [0, 0.1) is 10.8 Å². The SMILES string of the molecule is CC1(C)CC/C=C/c2cccc3c2CN(C3)C(=O)O[C@@H]2C[C@@H](C(=O)O)N(C2)C(=O)[C@H](C(C)(C)C)NC(=O)OC1. The number of hydrogen-bond acceptors (Lipinski definition) is 6. The molecule has 0 aliphatic carbocycles. The van der Waals surface area contributed by atoms with Gasteiger partial charge in [-0.25, -0.2) is 14.4 Å². The zero-order valence-corrected chi connectivity index (χ0v) is 23.4. The number of nitrogens with one attached hydrogen (secondary N) is 1. The summed E-state index contributed by atoms with van der Waals surface area (Å²) in [5.41, 5.74) is 2.09. The number of amides is 3. The van der Waals surface area contributed by atoms with Gasteiger partial charge in [-0.05, 0) is 40.4 Å². The molecule has 1 saturated heterocycles. The van der Waals surface area contributed by atoms with E-state index in [9.17, 15) is 24.3 Å². The normalized spacial score (nSPS) is 26.9. The van der Waals surface area contributed by atoms with Crippen molar-refractivity contribution in [2.24, 2.45) is 10.8 Å². The van der Waals surface area contributed by atoms with Crippen LogP contribution >= 0.6 is 0 Å². The molecule has 0 radical (unpaired) electrons. The van der Waals surface area contributed by atoms with Crippen LogP contribution in [0.5, 0.6) is 0 Å². The third-order valence-electron chi connectivity index (χ3n) is 7.63. The van der Waals surface area contributed by atoms with Gasteiger partial charge in [0.05, 0.1) is 19.7 Å². The second-order valence-electron chi connectivity index (χ2n) is 12.6. The molecule has 3 heterocycles. The fourth-order valence-corrected chi connectivity index (χ4v) is 5.30. The zero-order chi connectivity index (χ0) is 28.5. The first-order valence-corrected chi connectivity index (χ1v) is 13.4. The van der Waals surface area contributed by atoms with E-state index in [2.05, 4.69) is 17.5 Å². The van der Waals surface area contributed by atoms with Crippen molar-refractivity contribution >= 4 is 30.1 Å². The van der Waals surface area contributed by atoms with Gasteiger partial charge in [-0.3, -0.25) is 9.69 Å². The van der Waals surface area contributed by atoms with Crippen LogP contribution in [0.2, 0.25) is 0 Å². The predicted octanol–water partition coefficient (Wildman–Crippen LogP) is 4.17. The predicted molar refractivity (Wildman–Crippen MR) is 143 cm³/mol. The van der Waals surface area contributed by atoms with Crippen LogP contribution in [0.1, 0.15) is 70.6 Å². The van der Waals surface area contributed by atoms with Crippen molar-refractivity contribution in [3.05, 3.63) is 41.0 Å². The first-order valence-electron chi connectivity index (χ1n) is 13.4. The van der Waals surface area contributed by atoms with Gasteiger partial charge < -0.3 is 24.8 Å². The number of ether oxygens (including phenoxy) is 2. The lowest BCUT2D eigenvalue weighted by Crippen LogP contribution is -2.57. The Hall–Kier alpha value is -3.56. The lowest BCUT2D eigenvalue weighted by molar-refractivity contribution is -0.150. The van der Waals surface area contributed by atoms with Crippen LogP contribution in [0.15, 0.2) is 24.3 Å². The maximum Gasteiger partial charge on any atom is 0.410 e. The van der Waals surface area contributed by atoms with Crippen molar-refractivity contribution in [1.29, 1.82) is 0 Å². The number of benzene rings is 1. The van der Waals surface area contributed by atoms with Gasteiger partial charge >= 0.3 is 18.2 Å². The molecule has 212 valence electrons. The van der Waals surface area contributed by atoms with Gasteiger partial charge in [0.1, 0.15) is 18.2 Å². The molecule has 4 rings (SSSR count). The molecule has 0 aromatic heterocycles. The first-order chi connectivity index (χ1) is 18.2.